The van der Waals surface area contributed by atoms with E-state index in [0.29, 0.717) is 0 Å². The Hall–Kier alpha value is -1.88. The summed E-state index contributed by atoms with van der Waals surface area (Å²) in [6, 6.07) is 5.11. The highest BCUT2D eigenvalue weighted by atomic mass is 32.1. The second kappa shape index (κ2) is 4.32. The average molecular weight is 235 g/mol. The van der Waals surface area contributed by atoms with Gasteiger partial charge in [0, 0.05) is 17.1 Å². The number of carboxylic acids is 1. The highest BCUT2D eigenvalue weighted by molar-refractivity contribution is 7.12. The predicted octanol–water partition coefficient (Wildman–Crippen LogP) is 2.52. The van der Waals surface area contributed by atoms with E-state index in [0.717, 1.165) is 16.2 Å². The molecule has 2 aromatic rings. The van der Waals surface area contributed by atoms with Crippen LogP contribution in [0.15, 0.2) is 29.8 Å². The molecule has 16 heavy (non-hydrogen) atoms. The molecule has 0 aliphatic carbocycles. The molecular weight excluding hydrogens is 226 g/mol. The number of carboxylic acid groups (broad SMARTS) is 1. The molecule has 0 radical (unpaired) electrons. The normalized spacial score (nSPS) is 10.1. The molecule has 2 aromatic heterocycles. The lowest BCUT2D eigenvalue weighted by molar-refractivity contribution is 0.0690. The number of carbonyl (C=O) groups is 1. The van der Waals surface area contributed by atoms with Crippen molar-refractivity contribution in [2.45, 2.75) is 0 Å². The van der Waals surface area contributed by atoms with E-state index in [1.807, 2.05) is 11.4 Å². The van der Waals surface area contributed by atoms with Crippen LogP contribution in [0.2, 0.25) is 0 Å². The second-order valence-electron chi connectivity index (χ2n) is 3.10. The van der Waals surface area contributed by atoms with Gasteiger partial charge in [-0.2, -0.15) is 0 Å². The SMILES string of the molecule is COc1cc(-c2ccc(C(=O)O)nc2)cs1. The fraction of sp³-hybridized carbons (Fsp3) is 0.0909. The molecule has 0 saturated carbocycles. The Labute approximate surface area is 96.1 Å². The van der Waals surface area contributed by atoms with Gasteiger partial charge in [0.25, 0.3) is 0 Å². The highest BCUT2D eigenvalue weighted by Gasteiger charge is 2.06. The van der Waals surface area contributed by atoms with Crippen LogP contribution in [0.1, 0.15) is 10.5 Å². The first-order chi connectivity index (χ1) is 7.70. The molecular formula is C11H9NO3S. The van der Waals surface area contributed by atoms with Gasteiger partial charge in [-0.3, -0.25) is 0 Å². The van der Waals surface area contributed by atoms with E-state index in [-0.39, 0.29) is 5.69 Å². The van der Waals surface area contributed by atoms with Crippen LogP contribution in [0.4, 0.5) is 0 Å². The third-order valence-electron chi connectivity index (χ3n) is 2.09. The van der Waals surface area contributed by atoms with E-state index in [1.165, 1.54) is 17.4 Å². The van der Waals surface area contributed by atoms with Crippen molar-refractivity contribution in [3.05, 3.63) is 35.5 Å². The summed E-state index contributed by atoms with van der Waals surface area (Å²) in [4.78, 5) is 14.5. The molecule has 4 nitrogen and oxygen atoms in total. The summed E-state index contributed by atoms with van der Waals surface area (Å²) < 4.78 is 5.08. The van der Waals surface area contributed by atoms with Crippen molar-refractivity contribution >= 4 is 17.3 Å². The van der Waals surface area contributed by atoms with Crippen LogP contribution < -0.4 is 4.74 Å². The van der Waals surface area contributed by atoms with E-state index in [1.54, 1.807) is 19.4 Å². The molecule has 2 rings (SSSR count). The quantitative estimate of drug-likeness (QED) is 0.888. The molecule has 82 valence electrons. The molecule has 0 aliphatic heterocycles. The molecule has 1 N–H and O–H groups in total. The molecule has 0 fully saturated rings. The van der Waals surface area contributed by atoms with E-state index < -0.39 is 5.97 Å². The number of nitrogens with zero attached hydrogens (tertiary/aromatic N) is 1. The smallest absolute Gasteiger partial charge is 0.354 e. The third kappa shape index (κ3) is 2.04. The number of hydrogen-bond acceptors (Lipinski definition) is 4. The van der Waals surface area contributed by atoms with E-state index in [4.69, 9.17) is 9.84 Å². The van der Waals surface area contributed by atoms with E-state index >= 15 is 0 Å². The molecule has 0 bridgehead atoms. The summed E-state index contributed by atoms with van der Waals surface area (Å²) in [6.45, 7) is 0. The topological polar surface area (TPSA) is 59.4 Å². The summed E-state index contributed by atoms with van der Waals surface area (Å²) in [5, 5.41) is 11.5. The van der Waals surface area contributed by atoms with Crippen molar-refractivity contribution in [1.29, 1.82) is 0 Å². The molecule has 0 amide bonds. The van der Waals surface area contributed by atoms with Crippen LogP contribution in [0.25, 0.3) is 11.1 Å². The van der Waals surface area contributed by atoms with Crippen molar-refractivity contribution in [2.75, 3.05) is 7.11 Å². The summed E-state index contributed by atoms with van der Waals surface area (Å²) in [7, 11) is 1.61. The van der Waals surface area contributed by atoms with Gasteiger partial charge in [0.1, 0.15) is 5.69 Å². The summed E-state index contributed by atoms with van der Waals surface area (Å²) >= 11 is 1.49. The van der Waals surface area contributed by atoms with Crippen LogP contribution >= 0.6 is 11.3 Å². The Bertz CT molecular complexity index is 504. The van der Waals surface area contributed by atoms with Gasteiger partial charge in [-0.15, -0.1) is 11.3 Å². The number of pyridine rings is 1. The van der Waals surface area contributed by atoms with Gasteiger partial charge in [0.2, 0.25) is 0 Å². The van der Waals surface area contributed by atoms with Crippen molar-refractivity contribution in [2.24, 2.45) is 0 Å². The van der Waals surface area contributed by atoms with Gasteiger partial charge in [0.05, 0.1) is 7.11 Å². The van der Waals surface area contributed by atoms with Crippen LogP contribution in [-0.2, 0) is 0 Å². The molecule has 0 atom stereocenters. The number of rotatable bonds is 3. The number of methoxy groups -OCH3 is 1. The summed E-state index contributed by atoms with van der Waals surface area (Å²) in [5.74, 6) is -1.02. The first-order valence-electron chi connectivity index (χ1n) is 4.53. The number of aromatic nitrogens is 1. The predicted molar refractivity (Wildman–Crippen MR) is 61.1 cm³/mol. The molecule has 0 aromatic carbocycles. The zero-order valence-electron chi connectivity index (χ0n) is 8.51. The standard InChI is InChI=1S/C11H9NO3S/c1-15-10-4-8(6-16-10)7-2-3-9(11(13)14)12-5-7/h2-6H,1H3,(H,13,14). The minimum absolute atomic E-state index is 0.0472. The number of thiophene rings is 1. The molecule has 0 unspecified atom stereocenters. The van der Waals surface area contributed by atoms with Crippen molar-refractivity contribution in [3.63, 3.8) is 0 Å². The molecule has 0 spiro atoms. The zero-order valence-corrected chi connectivity index (χ0v) is 9.32. The van der Waals surface area contributed by atoms with Gasteiger partial charge in [-0.25, -0.2) is 9.78 Å². The van der Waals surface area contributed by atoms with E-state index in [2.05, 4.69) is 4.98 Å². The third-order valence-corrected chi connectivity index (χ3v) is 2.98. The van der Waals surface area contributed by atoms with Crippen molar-refractivity contribution in [3.8, 4) is 16.2 Å². The highest BCUT2D eigenvalue weighted by Crippen LogP contribution is 2.29. The monoisotopic (exact) mass is 235 g/mol. The summed E-state index contributed by atoms with van der Waals surface area (Å²) in [5.41, 5.74) is 1.90. The zero-order chi connectivity index (χ0) is 11.5. The maximum absolute atomic E-state index is 10.6. The molecule has 2 heterocycles. The maximum Gasteiger partial charge on any atom is 0.354 e. The Morgan fingerprint density at radius 3 is 2.75 bits per heavy atom. The minimum Gasteiger partial charge on any atom is -0.487 e. The number of aromatic carboxylic acids is 1. The summed E-state index contributed by atoms with van der Waals surface area (Å²) in [6.07, 6.45) is 1.55. The first kappa shape index (κ1) is 10.6. The van der Waals surface area contributed by atoms with Crippen molar-refractivity contribution in [1.82, 2.24) is 4.98 Å². The fourth-order valence-corrected chi connectivity index (χ4v) is 2.00. The van der Waals surface area contributed by atoms with Crippen LogP contribution in [0.5, 0.6) is 5.06 Å². The Balaban J connectivity index is 2.30. The number of hydrogen-bond donors (Lipinski definition) is 1. The van der Waals surface area contributed by atoms with Crippen LogP contribution in [0, 0.1) is 0 Å². The van der Waals surface area contributed by atoms with Gasteiger partial charge in [-0.1, -0.05) is 6.07 Å². The lowest BCUT2D eigenvalue weighted by Crippen LogP contribution is -1.98. The number of ether oxygens (including phenoxy) is 1. The molecule has 5 heteroatoms. The Morgan fingerprint density at radius 2 is 2.25 bits per heavy atom. The largest absolute Gasteiger partial charge is 0.487 e. The maximum atomic E-state index is 10.6. The fourth-order valence-electron chi connectivity index (χ4n) is 1.27. The average Bonchev–Trinajstić information content (AvgIpc) is 2.77. The second-order valence-corrected chi connectivity index (χ2v) is 3.97. The molecule has 0 saturated heterocycles. The lowest BCUT2D eigenvalue weighted by atomic mass is 10.1. The minimum atomic E-state index is -1.02. The van der Waals surface area contributed by atoms with Gasteiger partial charge < -0.3 is 9.84 Å². The Kier molecular flexibility index (Phi) is 2.87. The lowest BCUT2D eigenvalue weighted by Gasteiger charge is -1.97. The van der Waals surface area contributed by atoms with Gasteiger partial charge in [0.15, 0.2) is 5.06 Å². The van der Waals surface area contributed by atoms with Crippen LogP contribution in [0.3, 0.4) is 0 Å². The van der Waals surface area contributed by atoms with E-state index in [9.17, 15) is 4.79 Å². The van der Waals surface area contributed by atoms with Gasteiger partial charge >= 0.3 is 5.97 Å². The van der Waals surface area contributed by atoms with Crippen LogP contribution in [-0.4, -0.2) is 23.2 Å². The van der Waals surface area contributed by atoms with Gasteiger partial charge in [-0.05, 0) is 17.7 Å². The first-order valence-corrected chi connectivity index (χ1v) is 5.41. The molecule has 0 aliphatic rings. The van der Waals surface area contributed by atoms with Crippen molar-refractivity contribution < 1.29 is 14.6 Å². The Morgan fingerprint density at radius 1 is 1.44 bits per heavy atom.